The minimum absolute atomic E-state index is 0.0272. The maximum absolute atomic E-state index is 5.67. The van der Waals surface area contributed by atoms with Gasteiger partial charge in [-0.2, -0.15) is 0 Å². The van der Waals surface area contributed by atoms with Gasteiger partial charge < -0.3 is 10.1 Å². The third-order valence-corrected chi connectivity index (χ3v) is 5.11. The maximum atomic E-state index is 5.67. The molecule has 0 bridgehead atoms. The van der Waals surface area contributed by atoms with Crippen LogP contribution in [0.5, 0.6) is 0 Å². The molecule has 20 heavy (non-hydrogen) atoms. The SMILES string of the molecule is CC1CNC(C)(c2ccccc2)CN1C1(C)CCOC1. The summed E-state index contributed by atoms with van der Waals surface area (Å²) in [4.78, 5) is 2.66. The Hall–Kier alpha value is -0.900. The summed E-state index contributed by atoms with van der Waals surface area (Å²) in [5.41, 5.74) is 1.59. The summed E-state index contributed by atoms with van der Waals surface area (Å²) in [5.74, 6) is 0. The highest BCUT2D eigenvalue weighted by Crippen LogP contribution is 2.34. The van der Waals surface area contributed by atoms with E-state index in [1.807, 2.05) is 0 Å². The summed E-state index contributed by atoms with van der Waals surface area (Å²) < 4.78 is 5.67. The van der Waals surface area contributed by atoms with E-state index in [-0.39, 0.29) is 11.1 Å². The fourth-order valence-corrected chi connectivity index (χ4v) is 3.64. The molecule has 2 aliphatic rings. The Morgan fingerprint density at radius 2 is 2.00 bits per heavy atom. The predicted molar refractivity (Wildman–Crippen MR) is 81.8 cm³/mol. The molecule has 0 aromatic heterocycles. The van der Waals surface area contributed by atoms with Crippen molar-refractivity contribution in [2.45, 2.75) is 44.3 Å². The number of benzene rings is 1. The van der Waals surface area contributed by atoms with Crippen LogP contribution in [-0.4, -0.2) is 42.8 Å². The molecule has 3 unspecified atom stereocenters. The van der Waals surface area contributed by atoms with E-state index >= 15 is 0 Å². The van der Waals surface area contributed by atoms with Crippen LogP contribution in [0.3, 0.4) is 0 Å². The summed E-state index contributed by atoms with van der Waals surface area (Å²) in [7, 11) is 0. The molecule has 3 heteroatoms. The average molecular weight is 274 g/mol. The second kappa shape index (κ2) is 5.14. The molecule has 2 aliphatic heterocycles. The molecular weight excluding hydrogens is 248 g/mol. The van der Waals surface area contributed by atoms with E-state index in [2.05, 4.69) is 61.3 Å². The summed E-state index contributed by atoms with van der Waals surface area (Å²) in [6.45, 7) is 10.8. The van der Waals surface area contributed by atoms with Crippen molar-refractivity contribution in [3.05, 3.63) is 35.9 Å². The van der Waals surface area contributed by atoms with Gasteiger partial charge in [0.2, 0.25) is 0 Å². The van der Waals surface area contributed by atoms with E-state index < -0.39 is 0 Å². The Kier molecular flexibility index (Phi) is 3.61. The molecule has 3 rings (SSSR count). The lowest BCUT2D eigenvalue weighted by Gasteiger charge is -2.51. The van der Waals surface area contributed by atoms with Crippen molar-refractivity contribution >= 4 is 0 Å². The topological polar surface area (TPSA) is 24.5 Å². The number of piperazine rings is 1. The van der Waals surface area contributed by atoms with Crippen LogP contribution >= 0.6 is 0 Å². The second-order valence-corrected chi connectivity index (χ2v) is 6.86. The lowest BCUT2D eigenvalue weighted by Crippen LogP contribution is -2.66. The highest BCUT2D eigenvalue weighted by molar-refractivity contribution is 5.25. The Balaban J connectivity index is 1.86. The molecule has 1 aromatic rings. The van der Waals surface area contributed by atoms with Crippen LogP contribution < -0.4 is 5.32 Å². The van der Waals surface area contributed by atoms with Gasteiger partial charge in [-0.15, -0.1) is 0 Å². The van der Waals surface area contributed by atoms with Crippen LogP contribution in [-0.2, 0) is 10.3 Å². The van der Waals surface area contributed by atoms with Gasteiger partial charge in [-0.3, -0.25) is 4.90 Å². The number of nitrogens with one attached hydrogen (secondary N) is 1. The van der Waals surface area contributed by atoms with Crippen LogP contribution in [0.25, 0.3) is 0 Å². The number of nitrogens with zero attached hydrogens (tertiary/aromatic N) is 1. The molecule has 0 saturated carbocycles. The van der Waals surface area contributed by atoms with Gasteiger partial charge in [0.1, 0.15) is 0 Å². The van der Waals surface area contributed by atoms with Crippen LogP contribution in [0, 0.1) is 0 Å². The first-order valence-corrected chi connectivity index (χ1v) is 7.69. The van der Waals surface area contributed by atoms with Crippen LogP contribution in [0.2, 0.25) is 0 Å². The van der Waals surface area contributed by atoms with Gasteiger partial charge in [0, 0.05) is 31.3 Å². The standard InChI is InChI=1S/C17H26N2O/c1-14-11-18-17(3,15-7-5-4-6-8-15)12-19(14)16(2)9-10-20-13-16/h4-8,14,18H,9-13H2,1-3H3. The monoisotopic (exact) mass is 274 g/mol. The maximum Gasteiger partial charge on any atom is 0.0648 e. The Labute approximate surface area is 122 Å². The molecule has 0 aliphatic carbocycles. The zero-order valence-electron chi connectivity index (χ0n) is 12.9. The van der Waals surface area contributed by atoms with E-state index in [0.717, 1.165) is 32.7 Å². The molecule has 3 nitrogen and oxygen atoms in total. The highest BCUT2D eigenvalue weighted by Gasteiger charge is 2.45. The zero-order chi connectivity index (χ0) is 14.2. The minimum atomic E-state index is 0.0272. The fourth-order valence-electron chi connectivity index (χ4n) is 3.64. The number of ether oxygens (including phenoxy) is 1. The summed E-state index contributed by atoms with van der Waals surface area (Å²) in [5, 5.41) is 3.75. The van der Waals surface area contributed by atoms with Crippen molar-refractivity contribution in [2.75, 3.05) is 26.3 Å². The van der Waals surface area contributed by atoms with E-state index in [4.69, 9.17) is 4.74 Å². The quantitative estimate of drug-likeness (QED) is 0.896. The zero-order valence-corrected chi connectivity index (χ0v) is 12.9. The molecule has 2 fully saturated rings. The van der Waals surface area contributed by atoms with Crippen molar-refractivity contribution in [3.63, 3.8) is 0 Å². The predicted octanol–water partition coefficient (Wildman–Crippen LogP) is 2.37. The van der Waals surface area contributed by atoms with Gasteiger partial charge in [0.05, 0.1) is 12.1 Å². The molecule has 1 N–H and O–H groups in total. The Bertz CT molecular complexity index is 455. The molecule has 0 spiro atoms. The number of hydrogen-bond donors (Lipinski definition) is 1. The van der Waals surface area contributed by atoms with E-state index in [9.17, 15) is 0 Å². The van der Waals surface area contributed by atoms with Gasteiger partial charge in [0.25, 0.3) is 0 Å². The van der Waals surface area contributed by atoms with Crippen molar-refractivity contribution in [3.8, 4) is 0 Å². The smallest absolute Gasteiger partial charge is 0.0648 e. The van der Waals surface area contributed by atoms with Crippen LogP contribution in [0.15, 0.2) is 30.3 Å². The van der Waals surface area contributed by atoms with Crippen molar-refractivity contribution < 1.29 is 4.74 Å². The Morgan fingerprint density at radius 3 is 2.65 bits per heavy atom. The number of hydrogen-bond acceptors (Lipinski definition) is 3. The summed E-state index contributed by atoms with van der Waals surface area (Å²) >= 11 is 0. The van der Waals surface area contributed by atoms with Gasteiger partial charge in [-0.25, -0.2) is 0 Å². The lowest BCUT2D eigenvalue weighted by atomic mass is 9.85. The van der Waals surface area contributed by atoms with E-state index in [0.29, 0.717) is 6.04 Å². The summed E-state index contributed by atoms with van der Waals surface area (Å²) in [6.07, 6.45) is 1.14. The van der Waals surface area contributed by atoms with Crippen molar-refractivity contribution in [1.29, 1.82) is 0 Å². The van der Waals surface area contributed by atoms with Gasteiger partial charge in [0.15, 0.2) is 0 Å². The normalized spacial score (nSPS) is 39.0. The first kappa shape index (κ1) is 14.1. The second-order valence-electron chi connectivity index (χ2n) is 6.86. The van der Waals surface area contributed by atoms with Gasteiger partial charge in [-0.05, 0) is 32.8 Å². The molecule has 110 valence electrons. The van der Waals surface area contributed by atoms with Gasteiger partial charge in [-0.1, -0.05) is 30.3 Å². The van der Waals surface area contributed by atoms with Crippen molar-refractivity contribution in [2.24, 2.45) is 0 Å². The number of rotatable bonds is 2. The molecule has 3 atom stereocenters. The largest absolute Gasteiger partial charge is 0.379 e. The molecule has 0 amide bonds. The van der Waals surface area contributed by atoms with E-state index in [1.54, 1.807) is 0 Å². The first-order valence-electron chi connectivity index (χ1n) is 7.69. The molecular formula is C17H26N2O. The molecule has 1 aromatic carbocycles. The fraction of sp³-hybridized carbons (Fsp3) is 0.647. The average Bonchev–Trinajstić information content (AvgIpc) is 2.91. The van der Waals surface area contributed by atoms with Crippen LogP contribution in [0.1, 0.15) is 32.8 Å². The third kappa shape index (κ3) is 2.39. The van der Waals surface area contributed by atoms with Crippen molar-refractivity contribution in [1.82, 2.24) is 10.2 Å². The third-order valence-electron chi connectivity index (χ3n) is 5.11. The molecule has 0 radical (unpaired) electrons. The van der Waals surface area contributed by atoms with Crippen LogP contribution in [0.4, 0.5) is 0 Å². The van der Waals surface area contributed by atoms with E-state index in [1.165, 1.54) is 5.56 Å². The molecule has 2 saturated heterocycles. The summed E-state index contributed by atoms with van der Waals surface area (Å²) in [6, 6.07) is 11.4. The minimum Gasteiger partial charge on any atom is -0.379 e. The Morgan fingerprint density at radius 1 is 1.25 bits per heavy atom. The molecule has 2 heterocycles. The van der Waals surface area contributed by atoms with Gasteiger partial charge >= 0.3 is 0 Å². The highest BCUT2D eigenvalue weighted by atomic mass is 16.5. The lowest BCUT2D eigenvalue weighted by molar-refractivity contribution is -0.00450. The first-order chi connectivity index (χ1) is 9.54.